The molecule has 2 rings (SSSR count). The lowest BCUT2D eigenvalue weighted by atomic mass is 10.1. The Bertz CT molecular complexity index is 736. The van der Waals surface area contributed by atoms with Crippen LogP contribution in [-0.4, -0.2) is 32.2 Å². The molecule has 0 aromatic heterocycles. The van der Waals surface area contributed by atoms with Crippen LogP contribution in [0.25, 0.3) is 0 Å². The molecule has 0 aliphatic rings. The van der Waals surface area contributed by atoms with Crippen LogP contribution >= 0.6 is 0 Å². The minimum absolute atomic E-state index is 0.0844. The fraction of sp³-hybridized carbons (Fsp3) is 0.188. The van der Waals surface area contributed by atoms with E-state index < -0.39 is 21.9 Å². The average Bonchev–Trinajstić information content (AvgIpc) is 2.55. The molecular weight excluding hydrogens is 304 g/mol. The molecule has 0 spiro atoms. The largest absolute Gasteiger partial charge is 0.362 e. The zero-order chi connectivity index (χ0) is 16.2. The first-order valence-corrected chi connectivity index (χ1v) is 8.19. The van der Waals surface area contributed by atoms with Crippen LogP contribution in [0.1, 0.15) is 17.3 Å². The Morgan fingerprint density at radius 1 is 1.05 bits per heavy atom. The van der Waals surface area contributed by atoms with E-state index >= 15 is 0 Å². The molecule has 0 saturated carbocycles. The Morgan fingerprint density at radius 2 is 1.59 bits per heavy atom. The van der Waals surface area contributed by atoms with E-state index in [1.807, 2.05) is 0 Å². The third-order valence-electron chi connectivity index (χ3n) is 3.05. The van der Waals surface area contributed by atoms with E-state index in [9.17, 15) is 18.3 Å². The molecule has 22 heavy (non-hydrogen) atoms. The zero-order valence-corrected chi connectivity index (χ0v) is 12.8. The second kappa shape index (κ2) is 6.83. The van der Waals surface area contributed by atoms with Crippen molar-refractivity contribution in [3.63, 3.8) is 0 Å². The molecule has 0 radical (unpaired) electrons. The van der Waals surface area contributed by atoms with E-state index in [-0.39, 0.29) is 22.0 Å². The molecule has 0 amide bonds. The lowest BCUT2D eigenvalue weighted by Crippen LogP contribution is -2.23. The summed E-state index contributed by atoms with van der Waals surface area (Å²) >= 11 is 0. The maximum Gasteiger partial charge on any atom is 0.220 e. The van der Waals surface area contributed by atoms with Crippen molar-refractivity contribution >= 4 is 15.6 Å². The molecule has 5 nitrogen and oxygen atoms in total. The second-order valence-electron chi connectivity index (χ2n) is 4.51. The zero-order valence-electron chi connectivity index (χ0n) is 12.0. The molecule has 0 aliphatic carbocycles. The van der Waals surface area contributed by atoms with E-state index in [1.165, 1.54) is 36.4 Å². The van der Waals surface area contributed by atoms with E-state index in [0.717, 1.165) is 0 Å². The first-order chi connectivity index (χ1) is 10.5. The number of benzene rings is 2. The number of ketones is 1. The number of sulfone groups is 1. The van der Waals surface area contributed by atoms with Crippen molar-refractivity contribution in [3.05, 3.63) is 60.2 Å². The van der Waals surface area contributed by atoms with Gasteiger partial charge in [0, 0.05) is 12.2 Å². The van der Waals surface area contributed by atoms with Gasteiger partial charge in [0.25, 0.3) is 0 Å². The van der Waals surface area contributed by atoms with Crippen molar-refractivity contribution in [2.75, 3.05) is 6.61 Å². The van der Waals surface area contributed by atoms with Crippen molar-refractivity contribution in [1.29, 1.82) is 0 Å². The summed E-state index contributed by atoms with van der Waals surface area (Å²) in [6.07, 6.45) is -1.54. The topological polar surface area (TPSA) is 80.7 Å². The first kappa shape index (κ1) is 16.4. The molecule has 116 valence electrons. The van der Waals surface area contributed by atoms with Gasteiger partial charge in [-0.15, -0.1) is 0 Å². The monoisotopic (exact) mass is 320 g/mol. The highest BCUT2D eigenvalue weighted by molar-refractivity contribution is 7.91. The Kier molecular flexibility index (Phi) is 5.07. The van der Waals surface area contributed by atoms with Gasteiger partial charge in [-0.25, -0.2) is 8.42 Å². The standard InChI is InChI=1S/C16H16O5S/c1-2-21-16(18)15(17)12-8-10-14(11-9-12)22(19,20)13-6-4-3-5-7-13/h3-11,16,18H,2H2,1H3. The lowest BCUT2D eigenvalue weighted by Gasteiger charge is -2.10. The van der Waals surface area contributed by atoms with Gasteiger partial charge in [0.1, 0.15) is 0 Å². The summed E-state index contributed by atoms with van der Waals surface area (Å²) in [5.41, 5.74) is 0.188. The van der Waals surface area contributed by atoms with Gasteiger partial charge in [0.15, 0.2) is 0 Å². The summed E-state index contributed by atoms with van der Waals surface area (Å²) in [6.45, 7) is 1.86. The molecular formula is C16H16O5S. The normalized spacial score (nSPS) is 12.8. The van der Waals surface area contributed by atoms with Crippen LogP contribution in [-0.2, 0) is 14.6 Å². The number of rotatable bonds is 6. The summed E-state index contributed by atoms with van der Waals surface area (Å²) in [5.74, 6) is -0.606. The molecule has 1 N–H and O–H groups in total. The van der Waals surface area contributed by atoms with E-state index in [0.29, 0.717) is 0 Å². The first-order valence-electron chi connectivity index (χ1n) is 6.71. The third kappa shape index (κ3) is 3.41. The summed E-state index contributed by atoms with van der Waals surface area (Å²) in [4.78, 5) is 12.1. The maximum absolute atomic E-state index is 12.4. The number of aliphatic hydroxyl groups is 1. The van der Waals surface area contributed by atoms with E-state index in [4.69, 9.17) is 4.74 Å². The smallest absolute Gasteiger partial charge is 0.220 e. The van der Waals surface area contributed by atoms with Crippen molar-refractivity contribution < 1.29 is 23.1 Å². The Morgan fingerprint density at radius 3 is 2.14 bits per heavy atom. The molecule has 0 aliphatic heterocycles. The SMILES string of the molecule is CCOC(O)C(=O)c1ccc(S(=O)(=O)c2ccccc2)cc1. The fourth-order valence-electron chi connectivity index (χ4n) is 1.91. The van der Waals surface area contributed by atoms with Gasteiger partial charge in [0.05, 0.1) is 9.79 Å². The number of hydrogen-bond donors (Lipinski definition) is 1. The highest BCUT2D eigenvalue weighted by Crippen LogP contribution is 2.21. The second-order valence-corrected chi connectivity index (χ2v) is 6.46. The van der Waals surface area contributed by atoms with Crippen LogP contribution in [0.2, 0.25) is 0 Å². The number of hydrogen-bond acceptors (Lipinski definition) is 5. The van der Waals surface area contributed by atoms with Crippen LogP contribution in [0.5, 0.6) is 0 Å². The van der Waals surface area contributed by atoms with Crippen molar-refractivity contribution in [2.24, 2.45) is 0 Å². The van der Waals surface area contributed by atoms with E-state index in [1.54, 1.807) is 25.1 Å². The number of carbonyl (C=O) groups excluding carboxylic acids is 1. The molecule has 1 unspecified atom stereocenters. The van der Waals surface area contributed by atoms with Gasteiger partial charge in [-0.2, -0.15) is 0 Å². The number of aliphatic hydroxyl groups excluding tert-OH is 1. The summed E-state index contributed by atoms with van der Waals surface area (Å²) in [7, 11) is -3.62. The van der Waals surface area contributed by atoms with Gasteiger partial charge < -0.3 is 9.84 Å². The number of carbonyl (C=O) groups is 1. The molecule has 6 heteroatoms. The Balaban J connectivity index is 2.28. The molecule has 0 fully saturated rings. The Hall–Kier alpha value is -2.02. The van der Waals surface area contributed by atoms with Crippen molar-refractivity contribution in [1.82, 2.24) is 0 Å². The van der Waals surface area contributed by atoms with Gasteiger partial charge in [0.2, 0.25) is 21.9 Å². The molecule has 0 heterocycles. The number of Topliss-reactive ketones (excluding diaryl/α,β-unsaturated/α-hetero) is 1. The maximum atomic E-state index is 12.4. The number of ether oxygens (including phenoxy) is 1. The lowest BCUT2D eigenvalue weighted by molar-refractivity contribution is -0.0675. The molecule has 2 aromatic rings. The predicted molar refractivity (Wildman–Crippen MR) is 80.3 cm³/mol. The van der Waals surface area contributed by atoms with Crippen LogP contribution in [0.4, 0.5) is 0 Å². The van der Waals surface area contributed by atoms with Crippen LogP contribution in [0.15, 0.2) is 64.4 Å². The van der Waals surface area contributed by atoms with Gasteiger partial charge in [-0.05, 0) is 43.3 Å². The van der Waals surface area contributed by atoms with Crippen LogP contribution in [0.3, 0.4) is 0 Å². The molecule has 0 saturated heterocycles. The van der Waals surface area contributed by atoms with Crippen molar-refractivity contribution in [3.8, 4) is 0 Å². The highest BCUT2D eigenvalue weighted by Gasteiger charge is 2.20. The Labute approximate surface area is 129 Å². The third-order valence-corrected chi connectivity index (χ3v) is 4.84. The van der Waals surface area contributed by atoms with Crippen LogP contribution < -0.4 is 0 Å². The molecule has 1 atom stereocenters. The predicted octanol–water partition coefficient (Wildman–Crippen LogP) is 2.06. The highest BCUT2D eigenvalue weighted by atomic mass is 32.2. The minimum atomic E-state index is -3.62. The fourth-order valence-corrected chi connectivity index (χ4v) is 3.19. The summed E-state index contributed by atoms with van der Waals surface area (Å²) in [6, 6.07) is 13.4. The van der Waals surface area contributed by atoms with Gasteiger partial charge >= 0.3 is 0 Å². The molecule has 0 bridgehead atoms. The summed E-state index contributed by atoms with van der Waals surface area (Å²) < 4.78 is 29.6. The summed E-state index contributed by atoms with van der Waals surface area (Å²) in [5, 5.41) is 9.49. The van der Waals surface area contributed by atoms with Gasteiger partial charge in [-0.1, -0.05) is 18.2 Å². The van der Waals surface area contributed by atoms with Crippen LogP contribution in [0, 0.1) is 0 Å². The van der Waals surface area contributed by atoms with Crippen molar-refractivity contribution in [2.45, 2.75) is 23.0 Å². The van der Waals surface area contributed by atoms with Gasteiger partial charge in [-0.3, -0.25) is 4.79 Å². The van der Waals surface area contributed by atoms with E-state index in [2.05, 4.69) is 0 Å². The average molecular weight is 320 g/mol. The quantitative estimate of drug-likeness (QED) is 0.651. The molecule has 2 aromatic carbocycles. The minimum Gasteiger partial charge on any atom is -0.362 e.